The van der Waals surface area contributed by atoms with Crippen molar-refractivity contribution in [3.63, 3.8) is 0 Å². The van der Waals surface area contributed by atoms with Gasteiger partial charge in [-0.05, 0) is 31.2 Å². The van der Waals surface area contributed by atoms with Crippen LogP contribution in [0.15, 0.2) is 42.6 Å². The zero-order chi connectivity index (χ0) is 18.5. The highest BCUT2D eigenvalue weighted by atomic mass is 19.1. The van der Waals surface area contributed by atoms with Crippen LogP contribution < -0.4 is 5.32 Å². The second kappa shape index (κ2) is 6.20. The van der Waals surface area contributed by atoms with Gasteiger partial charge in [-0.2, -0.15) is 5.10 Å². The SMILES string of the molecule is Cc1nn(-c2ccc(F)cc2)cc1CNC(=O)N1CC2C3C=CC(O3)C2C1. The van der Waals surface area contributed by atoms with Gasteiger partial charge in [-0.25, -0.2) is 13.9 Å². The van der Waals surface area contributed by atoms with Crippen molar-refractivity contribution in [3.8, 4) is 5.69 Å². The molecular weight excluding hydrogens is 347 g/mol. The monoisotopic (exact) mass is 368 g/mol. The van der Waals surface area contributed by atoms with Crippen LogP contribution in [0.1, 0.15) is 11.3 Å². The summed E-state index contributed by atoms with van der Waals surface area (Å²) in [6.07, 6.45) is 6.48. The van der Waals surface area contributed by atoms with Gasteiger partial charge in [0.25, 0.3) is 0 Å². The summed E-state index contributed by atoms with van der Waals surface area (Å²) in [5.41, 5.74) is 2.57. The summed E-state index contributed by atoms with van der Waals surface area (Å²) in [5.74, 6) is 0.571. The Bertz CT molecular complexity index is 887. The molecule has 2 aromatic rings. The van der Waals surface area contributed by atoms with E-state index in [9.17, 15) is 9.18 Å². The molecule has 6 nitrogen and oxygen atoms in total. The van der Waals surface area contributed by atoms with Gasteiger partial charge in [-0.3, -0.25) is 0 Å². The second-order valence-electron chi connectivity index (χ2n) is 7.50. The van der Waals surface area contributed by atoms with Crippen molar-refractivity contribution in [2.24, 2.45) is 11.8 Å². The molecule has 4 atom stereocenters. The number of carbonyl (C=O) groups excluding carboxylic acids is 1. The zero-order valence-corrected chi connectivity index (χ0v) is 15.0. The van der Waals surface area contributed by atoms with Gasteiger partial charge >= 0.3 is 6.03 Å². The molecule has 0 saturated carbocycles. The van der Waals surface area contributed by atoms with Gasteiger partial charge in [0.15, 0.2) is 0 Å². The number of benzene rings is 1. The highest BCUT2D eigenvalue weighted by Gasteiger charge is 2.51. The van der Waals surface area contributed by atoms with Gasteiger partial charge in [0.1, 0.15) is 5.82 Å². The van der Waals surface area contributed by atoms with E-state index in [1.165, 1.54) is 12.1 Å². The summed E-state index contributed by atoms with van der Waals surface area (Å²) < 4.78 is 20.7. The first kappa shape index (κ1) is 16.5. The highest BCUT2D eigenvalue weighted by Crippen LogP contribution is 2.43. The number of hydrogen-bond donors (Lipinski definition) is 1. The van der Waals surface area contributed by atoms with E-state index in [1.807, 2.05) is 18.0 Å². The number of urea groups is 1. The summed E-state index contributed by atoms with van der Waals surface area (Å²) in [4.78, 5) is 14.5. The van der Waals surface area contributed by atoms with Crippen molar-refractivity contribution in [2.45, 2.75) is 25.7 Å². The van der Waals surface area contributed by atoms with Crippen LogP contribution in [0.5, 0.6) is 0 Å². The van der Waals surface area contributed by atoms with Crippen molar-refractivity contribution < 1.29 is 13.9 Å². The molecule has 0 radical (unpaired) electrons. The van der Waals surface area contributed by atoms with Crippen LogP contribution in [0, 0.1) is 24.6 Å². The number of fused-ring (bicyclic) bond motifs is 5. The Hall–Kier alpha value is -2.67. The van der Waals surface area contributed by atoms with Gasteiger partial charge in [0.2, 0.25) is 0 Å². The third kappa shape index (κ3) is 2.82. The lowest BCUT2D eigenvalue weighted by atomic mass is 9.86. The van der Waals surface area contributed by atoms with E-state index in [0.717, 1.165) is 30.0 Å². The summed E-state index contributed by atoms with van der Waals surface area (Å²) in [6.45, 7) is 3.81. The fraction of sp³-hybridized carbons (Fsp3) is 0.400. The molecule has 3 aliphatic rings. The van der Waals surface area contributed by atoms with E-state index < -0.39 is 0 Å². The van der Waals surface area contributed by atoms with Gasteiger partial charge in [0.05, 0.1) is 23.6 Å². The van der Waals surface area contributed by atoms with Gasteiger partial charge in [0, 0.05) is 43.2 Å². The number of aryl methyl sites for hydroxylation is 1. The number of carbonyl (C=O) groups is 1. The van der Waals surface area contributed by atoms with Crippen LogP contribution >= 0.6 is 0 Å². The summed E-state index contributed by atoms with van der Waals surface area (Å²) in [6, 6.07) is 6.13. The number of likely N-dealkylation sites (tertiary alicyclic amines) is 1. The Morgan fingerprint density at radius 2 is 1.89 bits per heavy atom. The minimum atomic E-state index is -0.278. The topological polar surface area (TPSA) is 59.4 Å². The molecule has 27 heavy (non-hydrogen) atoms. The van der Waals surface area contributed by atoms with E-state index in [2.05, 4.69) is 22.6 Å². The number of amides is 2. The molecule has 4 heterocycles. The third-order valence-electron chi connectivity index (χ3n) is 5.87. The van der Waals surface area contributed by atoms with Gasteiger partial charge in [-0.1, -0.05) is 12.2 Å². The van der Waals surface area contributed by atoms with E-state index >= 15 is 0 Å². The smallest absolute Gasteiger partial charge is 0.317 e. The quantitative estimate of drug-likeness (QED) is 0.847. The lowest BCUT2D eigenvalue weighted by Gasteiger charge is -2.19. The minimum Gasteiger partial charge on any atom is -0.366 e. The number of nitrogens with one attached hydrogen (secondary N) is 1. The Labute approximate surface area is 156 Å². The predicted octanol–water partition coefficient (Wildman–Crippen LogP) is 2.41. The first-order valence-corrected chi connectivity index (χ1v) is 9.26. The normalized spacial score (nSPS) is 28.0. The van der Waals surface area contributed by atoms with Crippen molar-refractivity contribution in [2.75, 3.05) is 13.1 Å². The average molecular weight is 368 g/mol. The minimum absolute atomic E-state index is 0.0438. The number of rotatable bonds is 3. The van der Waals surface area contributed by atoms with Crippen molar-refractivity contribution in [3.05, 3.63) is 59.7 Å². The van der Waals surface area contributed by atoms with Crippen LogP contribution in [0.4, 0.5) is 9.18 Å². The molecule has 2 fully saturated rings. The first-order chi connectivity index (χ1) is 13.1. The highest BCUT2D eigenvalue weighted by molar-refractivity contribution is 5.74. The molecule has 3 aliphatic heterocycles. The largest absolute Gasteiger partial charge is 0.366 e. The summed E-state index contributed by atoms with van der Waals surface area (Å²) in [5, 5.41) is 7.47. The van der Waals surface area contributed by atoms with E-state index in [-0.39, 0.29) is 24.1 Å². The molecule has 0 spiro atoms. The summed E-state index contributed by atoms with van der Waals surface area (Å²) >= 11 is 0. The van der Waals surface area contributed by atoms with Crippen molar-refractivity contribution in [1.29, 1.82) is 0 Å². The fourth-order valence-electron chi connectivity index (χ4n) is 4.37. The lowest BCUT2D eigenvalue weighted by molar-refractivity contribution is 0.0882. The maximum absolute atomic E-state index is 13.1. The molecule has 2 amide bonds. The Kier molecular flexibility index (Phi) is 3.79. The molecular formula is C20H21FN4O2. The molecule has 7 heteroatoms. The third-order valence-corrected chi connectivity index (χ3v) is 5.87. The molecule has 0 aliphatic carbocycles. The van der Waals surface area contributed by atoms with E-state index in [1.54, 1.807) is 16.8 Å². The Morgan fingerprint density at radius 3 is 2.56 bits per heavy atom. The maximum Gasteiger partial charge on any atom is 0.317 e. The molecule has 5 rings (SSSR count). The molecule has 4 unspecified atom stereocenters. The Balaban J connectivity index is 1.22. The van der Waals surface area contributed by atoms with Crippen LogP contribution in [0.25, 0.3) is 5.69 Å². The van der Waals surface area contributed by atoms with Gasteiger partial charge in [-0.15, -0.1) is 0 Å². The predicted molar refractivity (Wildman–Crippen MR) is 96.8 cm³/mol. The van der Waals surface area contributed by atoms with Crippen LogP contribution in [0.2, 0.25) is 0 Å². The zero-order valence-electron chi connectivity index (χ0n) is 15.0. The number of ether oxygens (including phenoxy) is 1. The van der Waals surface area contributed by atoms with Crippen molar-refractivity contribution >= 4 is 6.03 Å². The van der Waals surface area contributed by atoms with Crippen LogP contribution in [-0.4, -0.2) is 46.0 Å². The maximum atomic E-state index is 13.1. The summed E-state index contributed by atoms with van der Waals surface area (Å²) in [7, 11) is 0. The Morgan fingerprint density at radius 1 is 1.22 bits per heavy atom. The molecule has 1 aromatic carbocycles. The lowest BCUT2D eigenvalue weighted by Crippen LogP contribution is -2.39. The molecule has 1 N–H and O–H groups in total. The van der Waals surface area contributed by atoms with Gasteiger partial charge < -0.3 is 15.0 Å². The number of aromatic nitrogens is 2. The number of nitrogens with zero attached hydrogens (tertiary/aromatic N) is 3. The molecule has 2 bridgehead atoms. The number of halogens is 1. The first-order valence-electron chi connectivity index (χ1n) is 9.26. The average Bonchev–Trinajstić information content (AvgIpc) is 3.42. The molecule has 2 saturated heterocycles. The van der Waals surface area contributed by atoms with E-state index in [0.29, 0.717) is 18.4 Å². The standard InChI is InChI=1S/C20H21FN4O2/c1-12-13(9-25(23-12)15-4-2-14(21)3-5-15)8-22-20(26)24-10-16-17(11-24)19-7-6-18(16)27-19/h2-7,9,16-19H,8,10-11H2,1H3,(H,22,26). The van der Waals surface area contributed by atoms with E-state index in [4.69, 9.17) is 4.74 Å². The fourth-order valence-corrected chi connectivity index (χ4v) is 4.37. The second-order valence-corrected chi connectivity index (χ2v) is 7.50. The molecule has 140 valence electrons. The van der Waals surface area contributed by atoms with Crippen molar-refractivity contribution in [1.82, 2.24) is 20.0 Å². The van der Waals surface area contributed by atoms with Crippen LogP contribution in [0.3, 0.4) is 0 Å². The van der Waals surface area contributed by atoms with Crippen LogP contribution in [-0.2, 0) is 11.3 Å². The molecule has 1 aromatic heterocycles. The number of hydrogen-bond acceptors (Lipinski definition) is 3.